The maximum Gasteiger partial charge on any atom is 0.412 e. The first-order chi connectivity index (χ1) is 9.33. The Balaban J connectivity index is 2.83. The minimum absolute atomic E-state index is 0.128. The summed E-state index contributed by atoms with van der Waals surface area (Å²) in [6.45, 7) is 7.50. The predicted molar refractivity (Wildman–Crippen MR) is 74.7 cm³/mol. The van der Waals surface area contributed by atoms with Gasteiger partial charge in [0.15, 0.2) is 0 Å². The van der Waals surface area contributed by atoms with Gasteiger partial charge in [0.25, 0.3) is 0 Å². The van der Waals surface area contributed by atoms with Gasteiger partial charge in [-0.15, -0.1) is 0 Å². The first-order valence-electron chi connectivity index (χ1n) is 6.45. The van der Waals surface area contributed by atoms with Crippen LogP contribution in [0.1, 0.15) is 44.5 Å². The van der Waals surface area contributed by atoms with E-state index in [0.29, 0.717) is 13.0 Å². The van der Waals surface area contributed by atoms with Gasteiger partial charge in [-0.2, -0.15) is 0 Å². The molecule has 6 nitrogen and oxygen atoms in total. The van der Waals surface area contributed by atoms with Crippen LogP contribution >= 0.6 is 0 Å². The Kier molecular flexibility index (Phi) is 5.49. The fraction of sp³-hybridized carbons (Fsp3) is 0.500. The Morgan fingerprint density at radius 2 is 2.05 bits per heavy atom. The summed E-state index contributed by atoms with van der Waals surface area (Å²) in [5.41, 5.74) is -0.428. The number of carbonyl (C=O) groups excluding carboxylic acids is 2. The third-order valence-corrected chi connectivity index (χ3v) is 2.08. The topological polar surface area (TPSA) is 77.5 Å². The summed E-state index contributed by atoms with van der Waals surface area (Å²) in [6, 6.07) is 3.14. The number of anilines is 1. The van der Waals surface area contributed by atoms with Gasteiger partial charge in [-0.3, -0.25) is 5.32 Å². The Labute approximate surface area is 118 Å². The largest absolute Gasteiger partial charge is 0.456 e. The van der Waals surface area contributed by atoms with Crippen molar-refractivity contribution in [1.82, 2.24) is 4.98 Å². The molecule has 0 fully saturated rings. The molecule has 1 aromatic rings. The second-order valence-corrected chi connectivity index (χ2v) is 5.16. The maximum atomic E-state index is 12.0. The molecule has 0 saturated carbocycles. The molecule has 0 unspecified atom stereocenters. The lowest BCUT2D eigenvalue weighted by Crippen LogP contribution is -2.25. The van der Waals surface area contributed by atoms with Crippen molar-refractivity contribution in [3.8, 4) is 0 Å². The van der Waals surface area contributed by atoms with Gasteiger partial charge in [-0.25, -0.2) is 14.6 Å². The standard InChI is InChI=1S/C14H20N2O4/c1-5-9-19-13(18)16-11-10(7-6-8-15-11)12(17)20-14(2,3)4/h6-8H,5,9H2,1-4H3,(H,15,16,18). The summed E-state index contributed by atoms with van der Waals surface area (Å²) < 4.78 is 10.1. The predicted octanol–water partition coefficient (Wildman–Crippen LogP) is 3.00. The van der Waals surface area contributed by atoms with Crippen molar-refractivity contribution in [1.29, 1.82) is 0 Å². The quantitative estimate of drug-likeness (QED) is 0.858. The van der Waals surface area contributed by atoms with Crippen LogP contribution in [-0.4, -0.2) is 29.3 Å². The van der Waals surface area contributed by atoms with Gasteiger partial charge in [0.1, 0.15) is 17.0 Å². The lowest BCUT2D eigenvalue weighted by atomic mass is 10.2. The van der Waals surface area contributed by atoms with Crippen LogP contribution in [0, 0.1) is 0 Å². The number of carbonyl (C=O) groups is 2. The molecule has 1 rings (SSSR count). The van der Waals surface area contributed by atoms with Crippen LogP contribution < -0.4 is 5.32 Å². The van der Waals surface area contributed by atoms with Gasteiger partial charge < -0.3 is 9.47 Å². The molecule has 0 spiro atoms. The van der Waals surface area contributed by atoms with E-state index in [4.69, 9.17) is 9.47 Å². The third kappa shape index (κ3) is 5.26. The molecule has 1 aromatic heterocycles. The van der Waals surface area contributed by atoms with E-state index in [0.717, 1.165) is 0 Å². The zero-order valence-corrected chi connectivity index (χ0v) is 12.2. The number of aromatic nitrogens is 1. The van der Waals surface area contributed by atoms with Crippen molar-refractivity contribution in [2.24, 2.45) is 0 Å². The number of ether oxygens (including phenoxy) is 2. The Morgan fingerprint density at radius 1 is 1.35 bits per heavy atom. The van der Waals surface area contributed by atoms with Crippen LogP contribution in [0.25, 0.3) is 0 Å². The first-order valence-corrected chi connectivity index (χ1v) is 6.45. The molecule has 0 saturated heterocycles. The average Bonchev–Trinajstić information content (AvgIpc) is 2.35. The molecule has 1 heterocycles. The molecule has 0 bridgehead atoms. The van der Waals surface area contributed by atoms with E-state index in [1.165, 1.54) is 12.3 Å². The molecule has 0 aliphatic rings. The lowest BCUT2D eigenvalue weighted by Gasteiger charge is -2.20. The van der Waals surface area contributed by atoms with E-state index in [1.54, 1.807) is 26.8 Å². The highest BCUT2D eigenvalue weighted by Crippen LogP contribution is 2.17. The molecule has 6 heteroatoms. The number of amides is 1. The highest BCUT2D eigenvalue weighted by atomic mass is 16.6. The maximum absolute atomic E-state index is 12.0. The zero-order chi connectivity index (χ0) is 15.2. The molecule has 110 valence electrons. The fourth-order valence-corrected chi connectivity index (χ4v) is 1.33. The van der Waals surface area contributed by atoms with Crippen molar-refractivity contribution in [2.45, 2.75) is 39.7 Å². The Bertz CT molecular complexity index is 480. The Morgan fingerprint density at radius 3 is 2.65 bits per heavy atom. The monoisotopic (exact) mass is 280 g/mol. The SMILES string of the molecule is CCCOC(=O)Nc1ncccc1C(=O)OC(C)(C)C. The van der Waals surface area contributed by atoms with Crippen LogP contribution in [0.5, 0.6) is 0 Å². The minimum Gasteiger partial charge on any atom is -0.456 e. The number of nitrogens with one attached hydrogen (secondary N) is 1. The number of nitrogens with zero attached hydrogens (tertiary/aromatic N) is 1. The average molecular weight is 280 g/mol. The highest BCUT2D eigenvalue weighted by Gasteiger charge is 2.21. The summed E-state index contributed by atoms with van der Waals surface area (Å²) >= 11 is 0. The molecule has 20 heavy (non-hydrogen) atoms. The van der Waals surface area contributed by atoms with E-state index in [2.05, 4.69) is 10.3 Å². The number of pyridine rings is 1. The van der Waals surface area contributed by atoms with Crippen LogP contribution in [-0.2, 0) is 9.47 Å². The second kappa shape index (κ2) is 6.88. The van der Waals surface area contributed by atoms with Crippen LogP contribution in [0.3, 0.4) is 0 Å². The van der Waals surface area contributed by atoms with Crippen LogP contribution in [0.4, 0.5) is 10.6 Å². The van der Waals surface area contributed by atoms with E-state index >= 15 is 0 Å². The Hall–Kier alpha value is -2.11. The van der Waals surface area contributed by atoms with Gasteiger partial charge in [0.2, 0.25) is 0 Å². The highest BCUT2D eigenvalue weighted by molar-refractivity contribution is 5.98. The molecule has 1 N–H and O–H groups in total. The van der Waals surface area contributed by atoms with E-state index < -0.39 is 17.7 Å². The van der Waals surface area contributed by atoms with Crippen molar-refractivity contribution in [3.63, 3.8) is 0 Å². The number of hydrogen-bond acceptors (Lipinski definition) is 5. The van der Waals surface area contributed by atoms with Gasteiger partial charge in [-0.05, 0) is 39.3 Å². The van der Waals surface area contributed by atoms with Crippen LogP contribution in [0.15, 0.2) is 18.3 Å². The lowest BCUT2D eigenvalue weighted by molar-refractivity contribution is 0.00704. The first kappa shape index (κ1) is 15.9. The summed E-state index contributed by atoms with van der Waals surface area (Å²) in [5, 5.41) is 2.44. The summed E-state index contributed by atoms with van der Waals surface area (Å²) in [4.78, 5) is 27.5. The summed E-state index contributed by atoms with van der Waals surface area (Å²) in [5.74, 6) is -0.417. The number of hydrogen-bond donors (Lipinski definition) is 1. The van der Waals surface area contributed by atoms with Gasteiger partial charge >= 0.3 is 12.1 Å². The fourth-order valence-electron chi connectivity index (χ4n) is 1.33. The molecule has 0 radical (unpaired) electrons. The van der Waals surface area contributed by atoms with E-state index in [9.17, 15) is 9.59 Å². The van der Waals surface area contributed by atoms with Crippen molar-refractivity contribution in [2.75, 3.05) is 11.9 Å². The molecular weight excluding hydrogens is 260 g/mol. The minimum atomic E-state index is -0.643. The molecule has 0 atom stereocenters. The summed E-state index contributed by atoms with van der Waals surface area (Å²) in [6.07, 6.45) is 1.55. The van der Waals surface area contributed by atoms with Crippen molar-refractivity contribution in [3.05, 3.63) is 23.9 Å². The second-order valence-electron chi connectivity index (χ2n) is 5.16. The van der Waals surface area contributed by atoms with Gasteiger partial charge in [0, 0.05) is 6.20 Å². The number of esters is 1. The third-order valence-electron chi connectivity index (χ3n) is 2.08. The van der Waals surface area contributed by atoms with E-state index in [-0.39, 0.29) is 11.4 Å². The molecule has 0 aliphatic carbocycles. The van der Waals surface area contributed by atoms with Gasteiger partial charge in [0.05, 0.1) is 6.61 Å². The van der Waals surface area contributed by atoms with Gasteiger partial charge in [-0.1, -0.05) is 6.92 Å². The molecule has 1 amide bonds. The number of rotatable bonds is 4. The molecular formula is C14H20N2O4. The summed E-state index contributed by atoms with van der Waals surface area (Å²) in [7, 11) is 0. The van der Waals surface area contributed by atoms with Crippen molar-refractivity contribution < 1.29 is 19.1 Å². The molecule has 0 aromatic carbocycles. The zero-order valence-electron chi connectivity index (χ0n) is 12.2. The smallest absolute Gasteiger partial charge is 0.412 e. The van der Waals surface area contributed by atoms with Crippen molar-refractivity contribution >= 4 is 17.9 Å². The van der Waals surface area contributed by atoms with E-state index in [1.807, 2.05) is 6.92 Å². The normalized spacial score (nSPS) is 10.8. The molecule has 0 aliphatic heterocycles. The van der Waals surface area contributed by atoms with Crippen LogP contribution in [0.2, 0.25) is 0 Å².